The molecule has 2 rings (SSSR count). The van der Waals surface area contributed by atoms with E-state index in [9.17, 15) is 4.39 Å². The number of methoxy groups -OCH3 is 1. The third kappa shape index (κ3) is 3.38. The molecule has 0 spiro atoms. The minimum absolute atomic E-state index is 0.0437. The zero-order valence-corrected chi connectivity index (χ0v) is 13.6. The van der Waals surface area contributed by atoms with Gasteiger partial charge in [-0.2, -0.15) is 0 Å². The van der Waals surface area contributed by atoms with Gasteiger partial charge in [0.25, 0.3) is 0 Å². The van der Waals surface area contributed by atoms with Crippen LogP contribution in [-0.4, -0.2) is 7.11 Å². The zero-order chi connectivity index (χ0) is 14.7. The van der Waals surface area contributed by atoms with Crippen LogP contribution in [-0.2, 0) is 6.42 Å². The number of hydrogen-bond donors (Lipinski definition) is 2. The van der Waals surface area contributed by atoms with Crippen molar-refractivity contribution in [3.05, 3.63) is 49.9 Å². The molecule has 1 heterocycles. The molecular weight excluding hydrogens is 343 g/mol. The Hall–Kier alpha value is -0.950. The second-order valence-corrected chi connectivity index (χ2v) is 6.90. The third-order valence-electron chi connectivity index (χ3n) is 3.08. The van der Waals surface area contributed by atoms with Crippen molar-refractivity contribution in [3.63, 3.8) is 0 Å². The molecule has 0 aliphatic heterocycles. The van der Waals surface area contributed by atoms with Gasteiger partial charge in [0.05, 0.1) is 16.9 Å². The molecule has 0 saturated carbocycles. The van der Waals surface area contributed by atoms with Gasteiger partial charge in [-0.15, -0.1) is 11.3 Å². The Kier molecular flexibility index (Phi) is 5.15. The fraction of sp³-hybridized carbons (Fsp3) is 0.286. The zero-order valence-electron chi connectivity index (χ0n) is 11.2. The lowest BCUT2D eigenvalue weighted by Crippen LogP contribution is -2.29. The predicted octanol–water partition coefficient (Wildman–Crippen LogP) is 3.71. The van der Waals surface area contributed by atoms with Crippen LogP contribution in [0.1, 0.15) is 22.0 Å². The van der Waals surface area contributed by atoms with Crippen molar-refractivity contribution in [3.8, 4) is 5.75 Å². The molecule has 6 heteroatoms. The highest BCUT2D eigenvalue weighted by molar-refractivity contribution is 9.11. The molecule has 0 aliphatic carbocycles. The van der Waals surface area contributed by atoms with E-state index in [0.717, 1.165) is 14.2 Å². The lowest BCUT2D eigenvalue weighted by molar-refractivity contribution is 0.386. The van der Waals surface area contributed by atoms with Crippen molar-refractivity contribution in [1.82, 2.24) is 5.43 Å². The minimum atomic E-state index is -0.357. The van der Waals surface area contributed by atoms with E-state index in [2.05, 4.69) is 27.4 Å². The van der Waals surface area contributed by atoms with E-state index >= 15 is 0 Å². The molecular formula is C14H16BrFN2OS. The molecule has 3 nitrogen and oxygen atoms in total. The fourth-order valence-corrected chi connectivity index (χ4v) is 3.60. The monoisotopic (exact) mass is 358 g/mol. The van der Waals surface area contributed by atoms with Gasteiger partial charge in [-0.3, -0.25) is 11.3 Å². The van der Waals surface area contributed by atoms with E-state index in [1.807, 2.05) is 13.0 Å². The van der Waals surface area contributed by atoms with Crippen LogP contribution in [0.4, 0.5) is 4.39 Å². The van der Waals surface area contributed by atoms with Crippen LogP contribution in [0.3, 0.4) is 0 Å². The lowest BCUT2D eigenvalue weighted by atomic mass is 10.0. The molecule has 1 atom stereocenters. The Morgan fingerprint density at radius 1 is 1.45 bits per heavy atom. The first kappa shape index (κ1) is 15.4. The van der Waals surface area contributed by atoms with Crippen LogP contribution in [0.25, 0.3) is 0 Å². The van der Waals surface area contributed by atoms with Gasteiger partial charge < -0.3 is 4.74 Å². The van der Waals surface area contributed by atoms with Gasteiger partial charge in [0.15, 0.2) is 11.6 Å². The van der Waals surface area contributed by atoms with Crippen LogP contribution in [0.15, 0.2) is 28.1 Å². The number of aryl methyl sites for hydroxylation is 1. The highest BCUT2D eigenvalue weighted by atomic mass is 79.9. The summed E-state index contributed by atoms with van der Waals surface area (Å²) in [6, 6.07) is 7.01. The summed E-state index contributed by atoms with van der Waals surface area (Å²) in [6.45, 7) is 2.03. The molecule has 1 unspecified atom stereocenters. The Balaban J connectivity index is 2.20. The maximum Gasteiger partial charge on any atom is 0.165 e. The maximum absolute atomic E-state index is 13.7. The molecule has 0 aliphatic rings. The first-order valence-corrected chi connectivity index (χ1v) is 7.70. The predicted molar refractivity (Wildman–Crippen MR) is 83.5 cm³/mol. The van der Waals surface area contributed by atoms with Crippen LogP contribution >= 0.6 is 27.3 Å². The molecule has 20 heavy (non-hydrogen) atoms. The number of halogens is 2. The van der Waals surface area contributed by atoms with Gasteiger partial charge >= 0.3 is 0 Å². The SMILES string of the molecule is COc1ccc(CC(NN)c2cc(C)c(Br)s2)cc1F. The van der Waals surface area contributed by atoms with E-state index < -0.39 is 0 Å². The summed E-state index contributed by atoms with van der Waals surface area (Å²) in [5.41, 5.74) is 4.83. The summed E-state index contributed by atoms with van der Waals surface area (Å²) >= 11 is 5.14. The molecule has 108 valence electrons. The molecule has 2 aromatic rings. The van der Waals surface area contributed by atoms with Crippen molar-refractivity contribution < 1.29 is 9.13 Å². The Labute approximate surface area is 130 Å². The van der Waals surface area contributed by atoms with Crippen molar-refractivity contribution in [2.24, 2.45) is 5.84 Å². The summed E-state index contributed by atoms with van der Waals surface area (Å²) in [7, 11) is 1.45. The van der Waals surface area contributed by atoms with Gasteiger partial charge in [0.2, 0.25) is 0 Å². The molecule has 3 N–H and O–H groups in total. The van der Waals surface area contributed by atoms with Crippen LogP contribution in [0.2, 0.25) is 0 Å². The van der Waals surface area contributed by atoms with E-state index in [-0.39, 0.29) is 17.6 Å². The number of nitrogens with one attached hydrogen (secondary N) is 1. The topological polar surface area (TPSA) is 47.3 Å². The largest absolute Gasteiger partial charge is 0.494 e. The van der Waals surface area contributed by atoms with Crippen molar-refractivity contribution in [1.29, 1.82) is 0 Å². The van der Waals surface area contributed by atoms with Crippen molar-refractivity contribution in [2.75, 3.05) is 7.11 Å². The fourth-order valence-electron chi connectivity index (χ4n) is 1.97. The maximum atomic E-state index is 13.7. The smallest absolute Gasteiger partial charge is 0.165 e. The van der Waals surface area contributed by atoms with Crippen LogP contribution < -0.4 is 16.0 Å². The molecule has 0 fully saturated rings. The normalized spacial score (nSPS) is 12.4. The summed E-state index contributed by atoms with van der Waals surface area (Å²) in [5.74, 6) is 5.52. The first-order chi connectivity index (χ1) is 9.55. The highest BCUT2D eigenvalue weighted by Gasteiger charge is 2.15. The number of rotatable bonds is 5. The van der Waals surface area contributed by atoms with Crippen LogP contribution in [0.5, 0.6) is 5.75 Å². The molecule has 0 amide bonds. The minimum Gasteiger partial charge on any atom is -0.494 e. The summed E-state index contributed by atoms with van der Waals surface area (Å²) < 4.78 is 19.7. The number of benzene rings is 1. The number of hydrazine groups is 1. The van der Waals surface area contributed by atoms with Gasteiger partial charge in [-0.1, -0.05) is 6.07 Å². The average Bonchev–Trinajstić information content (AvgIpc) is 2.76. The number of ether oxygens (including phenoxy) is 1. The number of thiophene rings is 1. The average molecular weight is 359 g/mol. The standard InChI is InChI=1S/C14H16BrFN2OS/c1-8-5-13(20-14(8)15)11(18-17)7-9-3-4-12(19-2)10(16)6-9/h3-6,11,18H,7,17H2,1-2H3. The van der Waals surface area contributed by atoms with Gasteiger partial charge in [0, 0.05) is 4.88 Å². The number of hydrogen-bond acceptors (Lipinski definition) is 4. The highest BCUT2D eigenvalue weighted by Crippen LogP contribution is 2.33. The van der Waals surface area contributed by atoms with E-state index in [1.54, 1.807) is 17.4 Å². The van der Waals surface area contributed by atoms with Gasteiger partial charge in [-0.25, -0.2) is 4.39 Å². The van der Waals surface area contributed by atoms with Crippen LogP contribution in [0, 0.1) is 12.7 Å². The van der Waals surface area contributed by atoms with Gasteiger partial charge in [-0.05, 0) is 58.6 Å². The molecule has 1 aromatic heterocycles. The lowest BCUT2D eigenvalue weighted by Gasteiger charge is -2.14. The Bertz CT molecular complexity index is 583. The van der Waals surface area contributed by atoms with Crippen molar-refractivity contribution in [2.45, 2.75) is 19.4 Å². The van der Waals surface area contributed by atoms with Gasteiger partial charge in [0.1, 0.15) is 0 Å². The van der Waals surface area contributed by atoms with E-state index in [0.29, 0.717) is 6.42 Å². The van der Waals surface area contributed by atoms with E-state index in [4.69, 9.17) is 10.6 Å². The second-order valence-electron chi connectivity index (χ2n) is 4.50. The summed E-state index contributed by atoms with van der Waals surface area (Å²) in [5, 5.41) is 0. The summed E-state index contributed by atoms with van der Waals surface area (Å²) in [6.07, 6.45) is 0.615. The quantitative estimate of drug-likeness (QED) is 0.632. The molecule has 0 saturated heterocycles. The second kappa shape index (κ2) is 6.67. The van der Waals surface area contributed by atoms with Crippen molar-refractivity contribution >= 4 is 27.3 Å². The Morgan fingerprint density at radius 3 is 2.70 bits per heavy atom. The first-order valence-electron chi connectivity index (χ1n) is 6.09. The molecule has 0 bridgehead atoms. The third-order valence-corrected chi connectivity index (χ3v) is 5.33. The summed E-state index contributed by atoms with van der Waals surface area (Å²) in [4.78, 5) is 1.12. The number of nitrogens with two attached hydrogens (primary N) is 1. The molecule has 0 radical (unpaired) electrons. The Morgan fingerprint density at radius 2 is 2.20 bits per heavy atom. The molecule has 1 aromatic carbocycles. The van der Waals surface area contributed by atoms with E-state index in [1.165, 1.54) is 18.7 Å².